The molecule has 2 atom stereocenters. The Bertz CT molecular complexity index is 382. The molecule has 0 aromatic heterocycles. The molecule has 4 heteroatoms. The molecule has 17 heavy (non-hydrogen) atoms. The zero-order valence-corrected chi connectivity index (χ0v) is 11.1. The number of aliphatic hydroxyl groups is 1. The molecule has 0 bridgehead atoms. The maximum absolute atomic E-state index is 11.8. The van der Waals surface area contributed by atoms with Crippen LogP contribution >= 0.6 is 15.9 Å². The van der Waals surface area contributed by atoms with Crippen molar-refractivity contribution in [2.45, 2.75) is 23.7 Å². The van der Waals surface area contributed by atoms with Crippen molar-refractivity contribution in [2.24, 2.45) is 0 Å². The van der Waals surface area contributed by atoms with Gasteiger partial charge in [0.05, 0.1) is 12.6 Å². The van der Waals surface area contributed by atoms with Crippen LogP contribution in [0, 0.1) is 0 Å². The number of alkyl halides is 1. The number of likely N-dealkylation sites (tertiary alicyclic amines) is 1. The molecule has 92 valence electrons. The van der Waals surface area contributed by atoms with E-state index in [1.54, 1.807) is 4.90 Å². The summed E-state index contributed by atoms with van der Waals surface area (Å²) < 4.78 is 0. The highest BCUT2D eigenvalue weighted by Gasteiger charge is 2.32. The molecule has 1 aromatic rings. The van der Waals surface area contributed by atoms with Crippen LogP contribution in [-0.4, -0.2) is 39.9 Å². The molecule has 1 aromatic carbocycles. The summed E-state index contributed by atoms with van der Waals surface area (Å²) in [5.41, 5.74) is 1.15. The van der Waals surface area contributed by atoms with Crippen LogP contribution in [0.25, 0.3) is 0 Å². The molecule has 1 aliphatic heterocycles. The van der Waals surface area contributed by atoms with Gasteiger partial charge in [0.2, 0.25) is 5.91 Å². The van der Waals surface area contributed by atoms with Gasteiger partial charge in [-0.2, -0.15) is 0 Å². The minimum Gasteiger partial charge on any atom is -0.394 e. The molecule has 1 fully saturated rings. The molecular formula is C13H16BrNO2. The standard InChI is InChI=1S/C13H16BrNO2/c14-11-7-13(17)15(8-11)12(9-16)6-10-4-2-1-3-5-10/h1-5,11-12,16H,6-9H2. The van der Waals surface area contributed by atoms with Gasteiger partial charge in [0.1, 0.15) is 0 Å². The number of amides is 1. The smallest absolute Gasteiger partial charge is 0.224 e. The highest BCUT2D eigenvalue weighted by atomic mass is 79.9. The molecule has 0 spiro atoms. The lowest BCUT2D eigenvalue weighted by Gasteiger charge is -2.26. The Kier molecular flexibility index (Phi) is 4.18. The number of nitrogens with zero attached hydrogens (tertiary/aromatic N) is 1. The fourth-order valence-electron chi connectivity index (χ4n) is 2.20. The minimum atomic E-state index is -0.104. The van der Waals surface area contributed by atoms with Gasteiger partial charge in [-0.25, -0.2) is 0 Å². The number of carbonyl (C=O) groups excluding carboxylic acids is 1. The maximum atomic E-state index is 11.8. The van der Waals surface area contributed by atoms with Crippen LogP contribution in [0.5, 0.6) is 0 Å². The number of halogens is 1. The van der Waals surface area contributed by atoms with Gasteiger partial charge in [-0.3, -0.25) is 4.79 Å². The quantitative estimate of drug-likeness (QED) is 0.858. The predicted octanol–water partition coefficient (Wildman–Crippen LogP) is 1.59. The van der Waals surface area contributed by atoms with Crippen molar-refractivity contribution in [3.63, 3.8) is 0 Å². The van der Waals surface area contributed by atoms with Crippen molar-refractivity contribution >= 4 is 21.8 Å². The third-order valence-electron chi connectivity index (χ3n) is 3.08. The van der Waals surface area contributed by atoms with E-state index >= 15 is 0 Å². The van der Waals surface area contributed by atoms with Crippen molar-refractivity contribution in [3.8, 4) is 0 Å². The molecule has 0 aliphatic carbocycles. The lowest BCUT2D eigenvalue weighted by Crippen LogP contribution is -2.40. The normalized spacial score (nSPS) is 21.9. The van der Waals surface area contributed by atoms with E-state index in [0.29, 0.717) is 19.4 Å². The molecule has 3 nitrogen and oxygen atoms in total. The first-order valence-electron chi connectivity index (χ1n) is 5.79. The molecule has 2 rings (SSSR count). The molecule has 1 saturated heterocycles. The highest BCUT2D eigenvalue weighted by molar-refractivity contribution is 9.09. The van der Waals surface area contributed by atoms with E-state index in [1.165, 1.54) is 0 Å². The van der Waals surface area contributed by atoms with E-state index in [4.69, 9.17) is 0 Å². The average molecular weight is 298 g/mol. The number of carbonyl (C=O) groups is 1. The van der Waals surface area contributed by atoms with E-state index in [2.05, 4.69) is 15.9 Å². The van der Waals surface area contributed by atoms with Gasteiger partial charge < -0.3 is 10.0 Å². The summed E-state index contributed by atoms with van der Waals surface area (Å²) in [4.78, 5) is 13.8. The summed E-state index contributed by atoms with van der Waals surface area (Å²) >= 11 is 3.46. The zero-order chi connectivity index (χ0) is 12.3. The van der Waals surface area contributed by atoms with Gasteiger partial charge >= 0.3 is 0 Å². The molecule has 0 saturated carbocycles. The van der Waals surface area contributed by atoms with Crippen LogP contribution in [0.4, 0.5) is 0 Å². The van der Waals surface area contributed by atoms with E-state index in [1.807, 2.05) is 30.3 Å². The maximum Gasteiger partial charge on any atom is 0.224 e. The van der Waals surface area contributed by atoms with Crippen molar-refractivity contribution in [1.82, 2.24) is 4.90 Å². The van der Waals surface area contributed by atoms with Crippen LogP contribution in [0.15, 0.2) is 30.3 Å². The molecule has 1 aliphatic rings. The van der Waals surface area contributed by atoms with Crippen LogP contribution in [-0.2, 0) is 11.2 Å². The Balaban J connectivity index is 2.04. The second-order valence-electron chi connectivity index (χ2n) is 4.37. The SMILES string of the molecule is O=C1CC(Br)CN1C(CO)Cc1ccccc1. The Morgan fingerprint density at radius 2 is 2.12 bits per heavy atom. The summed E-state index contributed by atoms with van der Waals surface area (Å²) in [6.07, 6.45) is 1.24. The van der Waals surface area contributed by atoms with Gasteiger partial charge in [0.25, 0.3) is 0 Å². The first-order chi connectivity index (χ1) is 8.20. The molecule has 0 radical (unpaired) electrons. The Hall–Kier alpha value is -0.870. The minimum absolute atomic E-state index is 0.0142. The van der Waals surface area contributed by atoms with E-state index < -0.39 is 0 Å². The van der Waals surface area contributed by atoms with E-state index in [0.717, 1.165) is 5.56 Å². The second-order valence-corrected chi connectivity index (χ2v) is 5.67. The molecule has 1 heterocycles. The third kappa shape index (κ3) is 3.07. The largest absolute Gasteiger partial charge is 0.394 e. The average Bonchev–Trinajstić information content (AvgIpc) is 2.67. The highest BCUT2D eigenvalue weighted by Crippen LogP contribution is 2.22. The van der Waals surface area contributed by atoms with Crippen LogP contribution in [0.3, 0.4) is 0 Å². The topological polar surface area (TPSA) is 40.5 Å². The van der Waals surface area contributed by atoms with Crippen molar-refractivity contribution < 1.29 is 9.90 Å². The fraction of sp³-hybridized carbons (Fsp3) is 0.462. The Morgan fingerprint density at radius 1 is 1.41 bits per heavy atom. The van der Waals surface area contributed by atoms with Gasteiger partial charge in [-0.1, -0.05) is 46.3 Å². The van der Waals surface area contributed by atoms with Gasteiger partial charge in [0, 0.05) is 17.8 Å². The lowest BCUT2D eigenvalue weighted by atomic mass is 10.1. The molecule has 1 amide bonds. The van der Waals surface area contributed by atoms with Crippen LogP contribution in [0.1, 0.15) is 12.0 Å². The summed E-state index contributed by atoms with van der Waals surface area (Å²) in [6.45, 7) is 0.706. The number of aliphatic hydroxyl groups excluding tert-OH is 1. The predicted molar refractivity (Wildman–Crippen MR) is 70.1 cm³/mol. The zero-order valence-electron chi connectivity index (χ0n) is 9.55. The summed E-state index contributed by atoms with van der Waals surface area (Å²) in [6, 6.07) is 9.86. The van der Waals surface area contributed by atoms with Gasteiger partial charge in [0.15, 0.2) is 0 Å². The number of hydrogen-bond donors (Lipinski definition) is 1. The fourth-order valence-corrected chi connectivity index (χ4v) is 2.79. The van der Waals surface area contributed by atoms with E-state index in [9.17, 15) is 9.90 Å². The lowest BCUT2D eigenvalue weighted by molar-refractivity contribution is -0.130. The van der Waals surface area contributed by atoms with Crippen molar-refractivity contribution in [3.05, 3.63) is 35.9 Å². The number of hydrogen-bond acceptors (Lipinski definition) is 2. The summed E-state index contributed by atoms with van der Waals surface area (Å²) in [5, 5.41) is 9.44. The second kappa shape index (κ2) is 5.65. The summed E-state index contributed by atoms with van der Waals surface area (Å²) in [7, 11) is 0. The van der Waals surface area contributed by atoms with Gasteiger partial charge in [-0.15, -0.1) is 0 Å². The first kappa shape index (κ1) is 12.6. The third-order valence-corrected chi connectivity index (χ3v) is 3.69. The number of rotatable bonds is 4. The van der Waals surface area contributed by atoms with Crippen LogP contribution in [0.2, 0.25) is 0 Å². The number of benzene rings is 1. The van der Waals surface area contributed by atoms with E-state index in [-0.39, 0.29) is 23.4 Å². The Morgan fingerprint density at radius 3 is 2.65 bits per heavy atom. The molecule has 2 unspecified atom stereocenters. The summed E-state index contributed by atoms with van der Waals surface area (Å²) in [5.74, 6) is 0.127. The van der Waals surface area contributed by atoms with Crippen LogP contribution < -0.4 is 0 Å². The first-order valence-corrected chi connectivity index (χ1v) is 6.70. The monoisotopic (exact) mass is 297 g/mol. The molecular weight excluding hydrogens is 282 g/mol. The van der Waals surface area contributed by atoms with Crippen molar-refractivity contribution in [1.29, 1.82) is 0 Å². The molecule has 1 N–H and O–H groups in total. The Labute approximate surface area is 110 Å². The van der Waals surface area contributed by atoms with Crippen molar-refractivity contribution in [2.75, 3.05) is 13.2 Å². The van der Waals surface area contributed by atoms with Gasteiger partial charge in [-0.05, 0) is 12.0 Å².